The number of ether oxygens (including phenoxy) is 1. The zero-order valence-electron chi connectivity index (χ0n) is 18.8. The lowest BCUT2D eigenvalue weighted by atomic mass is 10.1. The van der Waals surface area contributed by atoms with E-state index in [0.29, 0.717) is 36.0 Å². The normalized spacial score (nSPS) is 13.8. The van der Waals surface area contributed by atoms with Crippen LogP contribution in [0.1, 0.15) is 5.56 Å². The molecule has 174 valence electrons. The lowest BCUT2D eigenvalue weighted by Crippen LogP contribution is -2.37. The predicted octanol–water partition coefficient (Wildman–Crippen LogP) is 5.60. The van der Waals surface area contributed by atoms with Crippen molar-refractivity contribution in [1.82, 2.24) is 9.88 Å². The van der Waals surface area contributed by atoms with E-state index in [2.05, 4.69) is 21.3 Å². The fourth-order valence-electron chi connectivity index (χ4n) is 4.09. The van der Waals surface area contributed by atoms with Crippen LogP contribution in [0.5, 0.6) is 0 Å². The molecular formula is C26H25FN4O2S. The topological polar surface area (TPSA) is 57.7 Å². The number of rotatable bonds is 5. The second-order valence-electron chi connectivity index (χ2n) is 8.19. The van der Waals surface area contributed by atoms with E-state index in [1.54, 1.807) is 18.0 Å². The van der Waals surface area contributed by atoms with Crippen LogP contribution in [0.3, 0.4) is 0 Å². The number of fused-ring (bicyclic) bond motifs is 1. The van der Waals surface area contributed by atoms with Crippen molar-refractivity contribution in [2.24, 2.45) is 0 Å². The Balaban J connectivity index is 1.36. The zero-order chi connectivity index (χ0) is 23.5. The number of amides is 2. The maximum absolute atomic E-state index is 14.1. The van der Waals surface area contributed by atoms with Crippen molar-refractivity contribution in [3.63, 3.8) is 0 Å². The number of hydrogen-bond donors (Lipinski definition) is 1. The van der Waals surface area contributed by atoms with E-state index in [9.17, 15) is 9.18 Å². The molecule has 1 N–H and O–H groups in total. The van der Waals surface area contributed by atoms with E-state index in [4.69, 9.17) is 4.74 Å². The minimum absolute atomic E-state index is 0.272. The number of hydrogen-bond acceptors (Lipinski definition) is 5. The van der Waals surface area contributed by atoms with Crippen LogP contribution in [0.4, 0.5) is 20.6 Å². The summed E-state index contributed by atoms with van der Waals surface area (Å²) in [7, 11) is 1.76. The fourth-order valence-corrected chi connectivity index (χ4v) is 5.08. The minimum atomic E-state index is -0.375. The van der Waals surface area contributed by atoms with Crippen LogP contribution >= 0.6 is 11.3 Å². The smallest absolute Gasteiger partial charge is 0.321 e. The second kappa shape index (κ2) is 9.79. The summed E-state index contributed by atoms with van der Waals surface area (Å²) >= 11 is 1.47. The summed E-state index contributed by atoms with van der Waals surface area (Å²) in [5.41, 5.74) is 4.12. The summed E-state index contributed by atoms with van der Waals surface area (Å²) < 4.78 is 20.6. The Morgan fingerprint density at radius 1 is 1.12 bits per heavy atom. The minimum Gasteiger partial charge on any atom is -0.378 e. The highest BCUT2D eigenvalue weighted by atomic mass is 32.1. The number of aromatic nitrogens is 1. The molecule has 1 saturated heterocycles. The van der Waals surface area contributed by atoms with E-state index in [-0.39, 0.29) is 11.8 Å². The molecule has 0 atom stereocenters. The number of carbonyl (C=O) groups excluding carboxylic acids is 1. The molecule has 5 rings (SSSR count). The molecule has 0 spiro atoms. The standard InChI is InChI=1S/C26H25FN4O2S/c1-30(17-18-6-2-4-8-23(18)31-12-14-33-15-13-31)26(32)29-21-11-10-19(27)16-20(21)25-28-22-7-3-5-9-24(22)34-25/h2-11,16H,12-15,17H2,1H3,(H,29,32). The molecule has 0 radical (unpaired) electrons. The van der Waals surface area contributed by atoms with E-state index < -0.39 is 0 Å². The molecule has 1 fully saturated rings. The summed E-state index contributed by atoms with van der Waals surface area (Å²) in [6.45, 7) is 3.49. The second-order valence-corrected chi connectivity index (χ2v) is 9.22. The summed E-state index contributed by atoms with van der Waals surface area (Å²) in [5, 5.41) is 3.62. The van der Waals surface area contributed by atoms with E-state index in [1.807, 2.05) is 42.5 Å². The van der Waals surface area contributed by atoms with Gasteiger partial charge >= 0.3 is 6.03 Å². The van der Waals surface area contributed by atoms with Gasteiger partial charge in [-0.3, -0.25) is 0 Å². The number of anilines is 2. The Kier molecular flexibility index (Phi) is 6.42. The van der Waals surface area contributed by atoms with Gasteiger partial charge in [-0.05, 0) is 42.0 Å². The van der Waals surface area contributed by atoms with Gasteiger partial charge in [0.2, 0.25) is 0 Å². The van der Waals surface area contributed by atoms with Gasteiger partial charge in [0.05, 0.1) is 29.1 Å². The first-order valence-electron chi connectivity index (χ1n) is 11.2. The quantitative estimate of drug-likeness (QED) is 0.407. The SMILES string of the molecule is CN(Cc1ccccc1N1CCOCC1)C(=O)Nc1ccc(F)cc1-c1nc2ccccc2s1. The maximum Gasteiger partial charge on any atom is 0.321 e. The van der Waals surface area contributed by atoms with Crippen molar-refractivity contribution in [2.45, 2.75) is 6.54 Å². The number of carbonyl (C=O) groups is 1. The Hall–Kier alpha value is -3.49. The predicted molar refractivity (Wildman–Crippen MR) is 135 cm³/mol. The van der Waals surface area contributed by atoms with Crippen LogP contribution in [0, 0.1) is 5.82 Å². The average molecular weight is 477 g/mol. The van der Waals surface area contributed by atoms with E-state index in [0.717, 1.165) is 34.6 Å². The van der Waals surface area contributed by atoms with Crippen molar-refractivity contribution in [3.05, 3.63) is 78.1 Å². The van der Waals surface area contributed by atoms with Crippen molar-refractivity contribution in [3.8, 4) is 10.6 Å². The van der Waals surface area contributed by atoms with Gasteiger partial charge in [0.25, 0.3) is 0 Å². The highest BCUT2D eigenvalue weighted by Gasteiger charge is 2.19. The van der Waals surface area contributed by atoms with Gasteiger partial charge in [-0.1, -0.05) is 30.3 Å². The first kappa shape index (κ1) is 22.3. The summed E-state index contributed by atoms with van der Waals surface area (Å²) in [6, 6.07) is 20.0. The third kappa shape index (κ3) is 4.73. The van der Waals surface area contributed by atoms with Crippen LogP contribution < -0.4 is 10.2 Å². The van der Waals surface area contributed by atoms with Gasteiger partial charge < -0.3 is 19.9 Å². The number of halogens is 1. The number of benzene rings is 3. The van der Waals surface area contributed by atoms with Crippen molar-refractivity contribution < 1.29 is 13.9 Å². The number of urea groups is 1. The molecule has 0 aliphatic carbocycles. The first-order chi connectivity index (χ1) is 16.6. The molecular weight excluding hydrogens is 451 g/mol. The van der Waals surface area contributed by atoms with Crippen LogP contribution in [0.25, 0.3) is 20.8 Å². The van der Waals surface area contributed by atoms with Crippen LogP contribution in [-0.2, 0) is 11.3 Å². The summed E-state index contributed by atoms with van der Waals surface area (Å²) in [4.78, 5) is 21.7. The number of thiazole rings is 1. The van der Waals surface area contributed by atoms with E-state index in [1.165, 1.54) is 23.5 Å². The fraction of sp³-hybridized carbons (Fsp3) is 0.231. The highest BCUT2D eigenvalue weighted by molar-refractivity contribution is 7.21. The first-order valence-corrected chi connectivity index (χ1v) is 12.0. The Morgan fingerprint density at radius 3 is 2.71 bits per heavy atom. The molecule has 34 heavy (non-hydrogen) atoms. The number of nitrogens with zero attached hydrogens (tertiary/aromatic N) is 3. The maximum atomic E-state index is 14.1. The monoisotopic (exact) mass is 476 g/mol. The van der Waals surface area contributed by atoms with Crippen molar-refractivity contribution in [2.75, 3.05) is 43.6 Å². The van der Waals surface area contributed by atoms with Crippen molar-refractivity contribution >= 4 is 39.0 Å². The van der Waals surface area contributed by atoms with Crippen molar-refractivity contribution in [1.29, 1.82) is 0 Å². The van der Waals surface area contributed by atoms with Gasteiger partial charge in [0.15, 0.2) is 0 Å². The molecule has 3 aromatic carbocycles. The average Bonchev–Trinajstić information content (AvgIpc) is 3.30. The molecule has 2 amide bonds. The molecule has 0 unspecified atom stereocenters. The third-order valence-corrected chi connectivity index (χ3v) is 6.91. The number of para-hydroxylation sites is 2. The van der Waals surface area contributed by atoms with Gasteiger partial charge in [0, 0.05) is 37.9 Å². The lowest BCUT2D eigenvalue weighted by molar-refractivity contribution is 0.122. The molecule has 8 heteroatoms. The Morgan fingerprint density at radius 2 is 1.88 bits per heavy atom. The summed E-state index contributed by atoms with van der Waals surface area (Å²) in [6.07, 6.45) is 0. The van der Waals surface area contributed by atoms with Gasteiger partial charge in [-0.2, -0.15) is 0 Å². The molecule has 4 aromatic rings. The molecule has 1 aromatic heterocycles. The molecule has 0 saturated carbocycles. The van der Waals surface area contributed by atoms with Gasteiger partial charge in [-0.25, -0.2) is 14.2 Å². The molecule has 1 aliphatic heterocycles. The Labute approximate surface area is 201 Å². The largest absolute Gasteiger partial charge is 0.378 e. The molecule has 0 bridgehead atoms. The summed E-state index contributed by atoms with van der Waals surface area (Å²) in [5.74, 6) is -0.375. The molecule has 1 aliphatic rings. The zero-order valence-corrected chi connectivity index (χ0v) is 19.6. The molecule has 2 heterocycles. The number of nitrogens with one attached hydrogen (secondary N) is 1. The van der Waals surface area contributed by atoms with Gasteiger partial charge in [0.1, 0.15) is 10.8 Å². The molecule has 6 nitrogen and oxygen atoms in total. The lowest BCUT2D eigenvalue weighted by Gasteiger charge is -2.31. The van der Waals surface area contributed by atoms with Crippen LogP contribution in [-0.4, -0.2) is 49.3 Å². The third-order valence-electron chi connectivity index (χ3n) is 5.85. The van der Waals surface area contributed by atoms with E-state index >= 15 is 0 Å². The van der Waals surface area contributed by atoms with Crippen LogP contribution in [0.2, 0.25) is 0 Å². The Bertz CT molecular complexity index is 1290. The van der Waals surface area contributed by atoms with Gasteiger partial charge in [-0.15, -0.1) is 11.3 Å². The number of morpholine rings is 1. The van der Waals surface area contributed by atoms with Crippen LogP contribution in [0.15, 0.2) is 66.7 Å². The highest BCUT2D eigenvalue weighted by Crippen LogP contribution is 2.35.